The van der Waals surface area contributed by atoms with Crippen LogP contribution in [0.1, 0.15) is 25.7 Å². The molecular formula is C19H25ClN4O3. The summed E-state index contributed by atoms with van der Waals surface area (Å²) in [5.41, 5.74) is 0.851. The van der Waals surface area contributed by atoms with Crippen molar-refractivity contribution in [3.05, 3.63) is 35.2 Å². The zero-order chi connectivity index (χ0) is 19.1. The molecule has 0 radical (unpaired) electrons. The van der Waals surface area contributed by atoms with Crippen molar-refractivity contribution < 1.29 is 14.1 Å². The maximum Gasteiger partial charge on any atom is 0.226 e. The summed E-state index contributed by atoms with van der Waals surface area (Å²) in [6.07, 6.45) is 1.68. The number of nitrogens with zero attached hydrogens (tertiary/aromatic N) is 3. The quantitative estimate of drug-likeness (QED) is 0.743. The molecule has 1 amide bonds. The van der Waals surface area contributed by atoms with Crippen LogP contribution in [0.5, 0.6) is 0 Å². The number of carbonyl (C=O) groups is 1. The number of rotatable bonds is 8. The summed E-state index contributed by atoms with van der Waals surface area (Å²) < 4.78 is 10.6. The summed E-state index contributed by atoms with van der Waals surface area (Å²) >= 11 is 5.88. The Labute approximate surface area is 164 Å². The fourth-order valence-electron chi connectivity index (χ4n) is 2.97. The largest absolute Gasteiger partial charge is 0.379 e. The highest BCUT2D eigenvalue weighted by Gasteiger charge is 2.17. The monoisotopic (exact) mass is 392 g/mol. The van der Waals surface area contributed by atoms with Crippen LogP contribution < -0.4 is 5.32 Å². The molecule has 2 heterocycles. The van der Waals surface area contributed by atoms with Crippen LogP contribution in [0.3, 0.4) is 0 Å². The molecule has 0 saturated carbocycles. The maximum absolute atomic E-state index is 12.0. The number of aryl methyl sites for hydroxylation is 1. The Kier molecular flexibility index (Phi) is 7.20. The lowest BCUT2D eigenvalue weighted by molar-refractivity contribution is -0.121. The van der Waals surface area contributed by atoms with E-state index in [1.807, 2.05) is 12.1 Å². The smallest absolute Gasteiger partial charge is 0.226 e. The molecule has 0 aliphatic carbocycles. The minimum absolute atomic E-state index is 0.0487. The second-order valence-corrected chi connectivity index (χ2v) is 7.11. The summed E-state index contributed by atoms with van der Waals surface area (Å²) in [6.45, 7) is 6.15. The first kappa shape index (κ1) is 19.8. The van der Waals surface area contributed by atoms with Crippen molar-refractivity contribution in [2.75, 3.05) is 32.8 Å². The summed E-state index contributed by atoms with van der Waals surface area (Å²) in [5.74, 6) is 1.12. The number of morpholine rings is 1. The molecule has 1 N–H and O–H groups in total. The van der Waals surface area contributed by atoms with E-state index in [0.29, 0.717) is 48.6 Å². The number of ether oxygens (including phenoxy) is 1. The Morgan fingerprint density at radius 2 is 2.04 bits per heavy atom. The van der Waals surface area contributed by atoms with Crippen LogP contribution in [-0.2, 0) is 16.0 Å². The molecule has 1 fully saturated rings. The van der Waals surface area contributed by atoms with E-state index in [2.05, 4.69) is 27.3 Å². The summed E-state index contributed by atoms with van der Waals surface area (Å²) in [5, 5.41) is 7.64. The van der Waals surface area contributed by atoms with E-state index >= 15 is 0 Å². The first-order valence-electron chi connectivity index (χ1n) is 9.29. The van der Waals surface area contributed by atoms with Gasteiger partial charge in [-0.15, -0.1) is 0 Å². The molecule has 3 rings (SSSR count). The van der Waals surface area contributed by atoms with Gasteiger partial charge in [-0.2, -0.15) is 4.98 Å². The van der Waals surface area contributed by atoms with Crippen LogP contribution in [0.4, 0.5) is 0 Å². The lowest BCUT2D eigenvalue weighted by atomic mass is 10.2. The van der Waals surface area contributed by atoms with Gasteiger partial charge in [-0.25, -0.2) is 0 Å². The highest BCUT2D eigenvalue weighted by Crippen LogP contribution is 2.19. The Morgan fingerprint density at radius 3 is 2.78 bits per heavy atom. The van der Waals surface area contributed by atoms with Gasteiger partial charge in [0.1, 0.15) is 0 Å². The third kappa shape index (κ3) is 6.02. The van der Waals surface area contributed by atoms with E-state index in [4.69, 9.17) is 20.9 Å². The molecule has 1 aliphatic rings. The number of aromatic nitrogens is 2. The Bertz CT molecular complexity index is 729. The molecule has 8 heteroatoms. The molecule has 1 saturated heterocycles. The molecule has 0 bridgehead atoms. The number of halogens is 1. The normalized spacial score (nSPS) is 16.2. The molecule has 2 aromatic rings. The molecule has 1 aliphatic heterocycles. The van der Waals surface area contributed by atoms with E-state index in [-0.39, 0.29) is 5.91 Å². The number of hydrogen-bond donors (Lipinski definition) is 1. The Hall–Kier alpha value is -1.96. The fourth-order valence-corrected chi connectivity index (χ4v) is 3.10. The molecule has 1 atom stereocenters. The molecule has 27 heavy (non-hydrogen) atoms. The standard InChI is InChI=1S/C19H25ClN4O3/c1-14(24-9-11-26-12-10-24)13-21-17(25)3-2-4-18-22-19(23-27-18)15-5-7-16(20)8-6-15/h5-8,14H,2-4,9-13H2,1H3,(H,21,25). The van der Waals surface area contributed by atoms with Gasteiger partial charge in [-0.1, -0.05) is 16.8 Å². The maximum atomic E-state index is 12.0. The minimum atomic E-state index is 0.0487. The van der Waals surface area contributed by atoms with Crippen molar-refractivity contribution >= 4 is 17.5 Å². The molecule has 7 nitrogen and oxygen atoms in total. The zero-order valence-corrected chi connectivity index (χ0v) is 16.2. The highest BCUT2D eigenvalue weighted by molar-refractivity contribution is 6.30. The van der Waals surface area contributed by atoms with Gasteiger partial charge in [-0.3, -0.25) is 9.69 Å². The average molecular weight is 393 g/mol. The molecule has 1 aromatic carbocycles. The van der Waals surface area contributed by atoms with Crippen molar-refractivity contribution in [3.63, 3.8) is 0 Å². The van der Waals surface area contributed by atoms with Crippen molar-refractivity contribution in [1.29, 1.82) is 0 Å². The average Bonchev–Trinajstić information content (AvgIpc) is 3.16. The first-order chi connectivity index (χ1) is 13.1. The van der Waals surface area contributed by atoms with Gasteiger partial charge in [0.25, 0.3) is 0 Å². The van der Waals surface area contributed by atoms with Gasteiger partial charge in [0.05, 0.1) is 13.2 Å². The lowest BCUT2D eigenvalue weighted by Gasteiger charge is -2.32. The predicted molar refractivity (Wildman–Crippen MR) is 103 cm³/mol. The van der Waals surface area contributed by atoms with E-state index < -0.39 is 0 Å². The second-order valence-electron chi connectivity index (χ2n) is 6.67. The molecule has 146 valence electrons. The number of nitrogens with one attached hydrogen (secondary N) is 1. The molecule has 0 spiro atoms. The lowest BCUT2D eigenvalue weighted by Crippen LogP contribution is -2.47. The summed E-state index contributed by atoms with van der Waals surface area (Å²) in [7, 11) is 0. The van der Waals surface area contributed by atoms with Gasteiger partial charge in [-0.05, 0) is 37.6 Å². The fraction of sp³-hybridized carbons (Fsp3) is 0.526. The predicted octanol–water partition coefficient (Wildman–Crippen LogP) is 2.55. The summed E-state index contributed by atoms with van der Waals surface area (Å²) in [6, 6.07) is 7.58. The van der Waals surface area contributed by atoms with Crippen molar-refractivity contribution in [2.24, 2.45) is 0 Å². The number of hydrogen-bond acceptors (Lipinski definition) is 6. The zero-order valence-electron chi connectivity index (χ0n) is 15.5. The Balaban J connectivity index is 1.37. The topological polar surface area (TPSA) is 80.5 Å². The Morgan fingerprint density at radius 1 is 1.30 bits per heavy atom. The van der Waals surface area contributed by atoms with Crippen molar-refractivity contribution in [3.8, 4) is 11.4 Å². The van der Waals surface area contributed by atoms with Crippen LogP contribution in [-0.4, -0.2) is 59.8 Å². The highest BCUT2D eigenvalue weighted by atomic mass is 35.5. The van der Waals surface area contributed by atoms with Crippen LogP contribution >= 0.6 is 11.6 Å². The molecule has 1 unspecified atom stereocenters. The second kappa shape index (κ2) is 9.82. The van der Waals surface area contributed by atoms with E-state index in [1.54, 1.807) is 12.1 Å². The molecule has 1 aromatic heterocycles. The number of amides is 1. The van der Waals surface area contributed by atoms with Gasteiger partial charge in [0, 0.05) is 49.1 Å². The van der Waals surface area contributed by atoms with Gasteiger partial charge in [0.15, 0.2) is 0 Å². The van der Waals surface area contributed by atoms with Crippen LogP contribution in [0.25, 0.3) is 11.4 Å². The third-order valence-corrected chi connectivity index (χ3v) is 4.88. The van der Waals surface area contributed by atoms with E-state index in [1.165, 1.54) is 0 Å². The van der Waals surface area contributed by atoms with Crippen molar-refractivity contribution in [1.82, 2.24) is 20.4 Å². The third-order valence-electron chi connectivity index (χ3n) is 4.63. The van der Waals surface area contributed by atoms with Gasteiger partial charge >= 0.3 is 0 Å². The number of carbonyl (C=O) groups excluding carboxylic acids is 1. The number of benzene rings is 1. The summed E-state index contributed by atoms with van der Waals surface area (Å²) in [4.78, 5) is 18.8. The van der Waals surface area contributed by atoms with Gasteiger partial charge in [0.2, 0.25) is 17.6 Å². The van der Waals surface area contributed by atoms with Gasteiger partial charge < -0.3 is 14.6 Å². The van der Waals surface area contributed by atoms with Crippen LogP contribution in [0.15, 0.2) is 28.8 Å². The van der Waals surface area contributed by atoms with Crippen molar-refractivity contribution in [2.45, 2.75) is 32.2 Å². The van der Waals surface area contributed by atoms with Crippen LogP contribution in [0, 0.1) is 0 Å². The SMILES string of the molecule is CC(CNC(=O)CCCc1nc(-c2ccc(Cl)cc2)no1)N1CCOCC1. The first-order valence-corrected chi connectivity index (χ1v) is 9.66. The molecular weight excluding hydrogens is 368 g/mol. The van der Waals surface area contributed by atoms with E-state index in [9.17, 15) is 4.79 Å². The van der Waals surface area contributed by atoms with Crippen LogP contribution in [0.2, 0.25) is 5.02 Å². The minimum Gasteiger partial charge on any atom is -0.379 e. The van der Waals surface area contributed by atoms with E-state index in [0.717, 1.165) is 31.9 Å².